The highest BCUT2D eigenvalue weighted by Crippen LogP contribution is 2.28. The average Bonchev–Trinajstić information content (AvgIpc) is 2.97. The second-order valence-corrected chi connectivity index (χ2v) is 8.50. The van der Waals surface area contributed by atoms with E-state index in [1.165, 1.54) is 6.07 Å². The minimum atomic E-state index is -1.05. The van der Waals surface area contributed by atoms with Gasteiger partial charge in [-0.3, -0.25) is 19.2 Å². The van der Waals surface area contributed by atoms with E-state index < -0.39 is 17.9 Å². The summed E-state index contributed by atoms with van der Waals surface area (Å²) < 4.78 is 5.65. The molecule has 0 radical (unpaired) electrons. The van der Waals surface area contributed by atoms with Crippen molar-refractivity contribution in [1.82, 2.24) is 10.6 Å². The maximum atomic E-state index is 12.7. The number of allylic oxidation sites excluding steroid dienone is 1. The van der Waals surface area contributed by atoms with Gasteiger partial charge in [0.05, 0.1) is 5.69 Å². The van der Waals surface area contributed by atoms with Crippen molar-refractivity contribution in [2.24, 2.45) is 5.73 Å². The molecule has 0 fully saturated rings. The van der Waals surface area contributed by atoms with Gasteiger partial charge in [-0.25, -0.2) is 0 Å². The first kappa shape index (κ1) is 24.8. The first-order valence-electron chi connectivity index (χ1n) is 10.6. The molecule has 9 nitrogen and oxygen atoms in total. The molecule has 0 aliphatic carbocycles. The molecule has 0 saturated heterocycles. The van der Waals surface area contributed by atoms with Crippen LogP contribution < -0.4 is 26.4 Å². The van der Waals surface area contributed by atoms with E-state index in [1.807, 2.05) is 24.5 Å². The van der Waals surface area contributed by atoms with Gasteiger partial charge in [0, 0.05) is 30.4 Å². The monoisotopic (exact) mass is 482 g/mol. The van der Waals surface area contributed by atoms with Crippen LogP contribution >= 0.6 is 11.8 Å². The number of hydrogen-bond acceptors (Lipinski definition) is 7. The Morgan fingerprint density at radius 1 is 1.21 bits per heavy atom. The molecule has 0 aromatic heterocycles. The lowest BCUT2D eigenvalue weighted by Gasteiger charge is -2.14. The molecule has 0 unspecified atom stereocenters. The smallest absolute Gasteiger partial charge is 0.268 e. The quantitative estimate of drug-likeness (QED) is 0.312. The third-order valence-corrected chi connectivity index (χ3v) is 5.53. The lowest BCUT2D eigenvalue weighted by molar-refractivity contribution is -0.124. The Bertz CT molecular complexity index is 1100. The Balaban J connectivity index is 1.60. The minimum Gasteiger partial charge on any atom is -0.489 e. The maximum Gasteiger partial charge on any atom is 0.268 e. The number of carbonyl (C=O) groups excluding carboxylic acids is 4. The molecule has 0 bridgehead atoms. The van der Waals surface area contributed by atoms with E-state index in [4.69, 9.17) is 10.5 Å². The van der Waals surface area contributed by atoms with Gasteiger partial charge in [-0.1, -0.05) is 30.3 Å². The number of thioether (sulfide) groups is 1. The normalized spacial score (nSPS) is 15.3. The van der Waals surface area contributed by atoms with Gasteiger partial charge >= 0.3 is 0 Å². The van der Waals surface area contributed by atoms with Crippen molar-refractivity contribution in [3.63, 3.8) is 0 Å². The molecule has 2 aromatic rings. The van der Waals surface area contributed by atoms with Crippen LogP contribution in [0.4, 0.5) is 5.69 Å². The molecule has 1 aliphatic rings. The minimum absolute atomic E-state index is 0.102. The number of ketones is 1. The number of anilines is 1. The molecule has 0 saturated carbocycles. The zero-order valence-electron chi connectivity index (χ0n) is 18.6. The highest BCUT2D eigenvalue weighted by atomic mass is 32.2. The van der Waals surface area contributed by atoms with Crippen LogP contribution in [0.1, 0.15) is 15.9 Å². The summed E-state index contributed by atoms with van der Waals surface area (Å²) in [6.07, 6.45) is 3.10. The summed E-state index contributed by atoms with van der Waals surface area (Å²) in [7, 11) is 0. The predicted molar refractivity (Wildman–Crippen MR) is 131 cm³/mol. The Labute approximate surface area is 201 Å². The third kappa shape index (κ3) is 6.85. The van der Waals surface area contributed by atoms with Crippen molar-refractivity contribution >= 4 is 41.0 Å². The lowest BCUT2D eigenvalue weighted by Crippen LogP contribution is -2.47. The zero-order valence-corrected chi connectivity index (χ0v) is 19.4. The van der Waals surface area contributed by atoms with Gasteiger partial charge in [0.25, 0.3) is 17.7 Å². The van der Waals surface area contributed by atoms with E-state index in [9.17, 15) is 19.2 Å². The number of ether oxygens (including phenoxy) is 1. The van der Waals surface area contributed by atoms with Crippen molar-refractivity contribution in [3.05, 3.63) is 71.4 Å². The molecular weight excluding hydrogens is 456 g/mol. The fourth-order valence-corrected chi connectivity index (χ4v) is 3.47. The molecule has 178 valence electrons. The molecule has 1 heterocycles. The van der Waals surface area contributed by atoms with Gasteiger partial charge in [0.15, 0.2) is 5.78 Å². The number of nitrogens with one attached hydrogen (secondary N) is 3. The molecule has 10 heteroatoms. The number of amides is 3. The van der Waals surface area contributed by atoms with E-state index in [-0.39, 0.29) is 30.4 Å². The highest BCUT2D eigenvalue weighted by Gasteiger charge is 2.27. The summed E-state index contributed by atoms with van der Waals surface area (Å²) in [6, 6.07) is 12.7. The van der Waals surface area contributed by atoms with Gasteiger partial charge in [0.1, 0.15) is 24.1 Å². The summed E-state index contributed by atoms with van der Waals surface area (Å²) in [4.78, 5) is 49.6. The number of carbonyl (C=O) groups is 4. The van der Waals surface area contributed by atoms with Crippen molar-refractivity contribution in [2.75, 3.05) is 30.5 Å². The van der Waals surface area contributed by atoms with Crippen molar-refractivity contribution in [2.45, 2.75) is 12.5 Å². The first-order chi connectivity index (χ1) is 16.4. The van der Waals surface area contributed by atoms with E-state index in [0.717, 1.165) is 17.4 Å². The molecule has 34 heavy (non-hydrogen) atoms. The number of benzene rings is 2. The molecular formula is C24H26N4O5S. The van der Waals surface area contributed by atoms with Crippen molar-refractivity contribution < 1.29 is 23.9 Å². The largest absolute Gasteiger partial charge is 0.489 e. The summed E-state index contributed by atoms with van der Waals surface area (Å²) >= 11 is 1.62. The van der Waals surface area contributed by atoms with E-state index in [2.05, 4.69) is 16.0 Å². The van der Waals surface area contributed by atoms with Crippen molar-refractivity contribution in [3.8, 4) is 5.75 Å². The molecule has 0 spiro atoms. The Hall–Kier alpha value is -3.79. The fourth-order valence-electron chi connectivity index (χ4n) is 3.17. The van der Waals surface area contributed by atoms with Crippen LogP contribution in [0.5, 0.6) is 5.75 Å². The van der Waals surface area contributed by atoms with Crippen LogP contribution in [-0.2, 0) is 20.8 Å². The SMILES string of the molecule is CSCCNC(=O)c1ccc2c(c1)NC(=O)[C@@H](NC(=O)C(N)=CC(=O)Cc1ccccc1)CO2. The van der Waals surface area contributed by atoms with Crippen LogP contribution in [0.3, 0.4) is 0 Å². The Kier molecular flexibility index (Phi) is 8.69. The second-order valence-electron chi connectivity index (χ2n) is 7.51. The van der Waals surface area contributed by atoms with Gasteiger partial charge in [-0.05, 0) is 30.0 Å². The number of nitrogens with two attached hydrogens (primary N) is 1. The van der Waals surface area contributed by atoms with Crippen LogP contribution in [-0.4, -0.2) is 54.7 Å². The summed E-state index contributed by atoms with van der Waals surface area (Å²) in [5.41, 5.74) is 6.95. The van der Waals surface area contributed by atoms with E-state index in [0.29, 0.717) is 23.5 Å². The Morgan fingerprint density at radius 2 is 1.97 bits per heavy atom. The van der Waals surface area contributed by atoms with Crippen LogP contribution in [0.15, 0.2) is 60.3 Å². The second kappa shape index (κ2) is 11.9. The van der Waals surface area contributed by atoms with Gasteiger partial charge in [-0.15, -0.1) is 0 Å². The molecule has 1 atom stereocenters. The van der Waals surface area contributed by atoms with Crippen LogP contribution in [0, 0.1) is 0 Å². The number of fused-ring (bicyclic) bond motifs is 1. The maximum absolute atomic E-state index is 12.7. The lowest BCUT2D eigenvalue weighted by atomic mass is 10.1. The summed E-state index contributed by atoms with van der Waals surface area (Å²) in [5, 5.41) is 7.94. The number of rotatable bonds is 9. The van der Waals surface area contributed by atoms with E-state index in [1.54, 1.807) is 36.0 Å². The standard InChI is InChI=1S/C24H26N4O5S/c1-34-10-9-26-22(30)16-7-8-21-19(12-16)27-24(32)20(14-33-21)28-23(31)18(25)13-17(29)11-15-5-3-2-4-6-15/h2-8,12-13,20H,9-11,14,25H2,1H3,(H,26,30)(H,27,32)(H,28,31)/t20-/m0/s1. The molecule has 5 N–H and O–H groups in total. The summed E-state index contributed by atoms with van der Waals surface area (Å²) in [6.45, 7) is 0.381. The van der Waals surface area contributed by atoms with Crippen LogP contribution in [0.25, 0.3) is 0 Å². The van der Waals surface area contributed by atoms with Gasteiger partial charge in [-0.2, -0.15) is 11.8 Å². The molecule has 3 rings (SSSR count). The third-order valence-electron chi connectivity index (χ3n) is 4.92. The highest BCUT2D eigenvalue weighted by molar-refractivity contribution is 7.98. The van der Waals surface area contributed by atoms with Crippen LogP contribution in [0.2, 0.25) is 0 Å². The van der Waals surface area contributed by atoms with Crippen molar-refractivity contribution in [1.29, 1.82) is 0 Å². The Morgan fingerprint density at radius 3 is 2.71 bits per heavy atom. The topological polar surface area (TPSA) is 140 Å². The molecule has 3 amide bonds. The zero-order chi connectivity index (χ0) is 24.5. The fraction of sp³-hybridized carbons (Fsp3) is 0.250. The van der Waals surface area contributed by atoms with Gasteiger partial charge in [0.2, 0.25) is 0 Å². The average molecular weight is 483 g/mol. The molecule has 1 aliphatic heterocycles. The first-order valence-corrected chi connectivity index (χ1v) is 12.0. The van der Waals surface area contributed by atoms with Gasteiger partial charge < -0.3 is 26.4 Å². The molecule has 2 aromatic carbocycles. The predicted octanol–water partition coefficient (Wildman–Crippen LogP) is 1.25. The van der Waals surface area contributed by atoms with E-state index >= 15 is 0 Å². The summed E-state index contributed by atoms with van der Waals surface area (Å²) in [5.74, 6) is -0.741. The number of hydrogen-bond donors (Lipinski definition) is 4.